The molecule has 0 bridgehead atoms. The quantitative estimate of drug-likeness (QED) is 0.142. The summed E-state index contributed by atoms with van der Waals surface area (Å²) in [7, 11) is -10.9. The largest absolute Gasteiger partial charge is 0.483 e. The second-order valence-corrected chi connectivity index (χ2v) is 11.1. The molecule has 2 fully saturated rings. The van der Waals surface area contributed by atoms with Crippen molar-refractivity contribution in [1.29, 1.82) is 0 Å². The number of ether oxygens (including phenoxy) is 2. The number of aryl methyl sites for hydroxylation is 1. The van der Waals surface area contributed by atoms with Crippen LogP contribution in [0.4, 0.5) is 0 Å². The van der Waals surface area contributed by atoms with E-state index in [-0.39, 0.29) is 5.56 Å². The van der Waals surface area contributed by atoms with E-state index in [1.807, 2.05) is 4.98 Å². The third kappa shape index (κ3) is 6.38. The van der Waals surface area contributed by atoms with E-state index >= 15 is 0 Å². The molecule has 0 aromatic carbocycles. The van der Waals surface area contributed by atoms with Crippen molar-refractivity contribution in [2.75, 3.05) is 6.61 Å². The average Bonchev–Trinajstić information content (AvgIpc) is 3.04. The summed E-state index contributed by atoms with van der Waals surface area (Å²) >= 11 is 0. The molecule has 0 saturated carbocycles. The Kier molecular flexibility index (Phi) is 8.77. The van der Waals surface area contributed by atoms with Crippen molar-refractivity contribution in [3.05, 3.63) is 32.6 Å². The van der Waals surface area contributed by atoms with Gasteiger partial charge in [0.1, 0.15) is 36.6 Å². The zero-order chi connectivity index (χ0) is 27.2. The Morgan fingerprint density at radius 2 is 1.61 bits per heavy atom. The molecule has 206 valence electrons. The number of aliphatic hydroxyl groups excluding tert-OH is 5. The number of aliphatic hydroxyl groups is 5. The number of nitrogens with zero attached hydrogens (tertiary/aromatic N) is 1. The molecular formula is C16H26N2O16P2. The van der Waals surface area contributed by atoms with Crippen molar-refractivity contribution in [2.24, 2.45) is 0 Å². The lowest BCUT2D eigenvalue weighted by molar-refractivity contribution is -0.271. The molecule has 2 aliphatic rings. The van der Waals surface area contributed by atoms with E-state index in [9.17, 15) is 54.0 Å². The van der Waals surface area contributed by atoms with Crippen LogP contribution >= 0.6 is 15.6 Å². The minimum atomic E-state index is -5.51. The fourth-order valence-electron chi connectivity index (χ4n) is 3.44. The molecule has 8 N–H and O–H groups in total. The smallest absolute Gasteiger partial charge is 0.388 e. The van der Waals surface area contributed by atoms with E-state index in [0.717, 1.165) is 10.8 Å². The predicted octanol–water partition coefficient (Wildman–Crippen LogP) is -3.46. The molecule has 2 unspecified atom stereocenters. The molecule has 0 spiro atoms. The highest BCUT2D eigenvalue weighted by Gasteiger charge is 2.49. The molecule has 11 atom stereocenters. The lowest BCUT2D eigenvalue weighted by atomic mass is 10.0. The Labute approximate surface area is 201 Å². The number of phosphoric acid groups is 2. The molecule has 0 aliphatic carbocycles. The van der Waals surface area contributed by atoms with Crippen LogP contribution in [-0.2, 0) is 32.0 Å². The van der Waals surface area contributed by atoms with Crippen LogP contribution in [0.25, 0.3) is 0 Å². The van der Waals surface area contributed by atoms with Gasteiger partial charge in [-0.25, -0.2) is 13.9 Å². The first-order valence-corrected chi connectivity index (χ1v) is 13.3. The normalized spacial score (nSPS) is 38.4. The fourth-order valence-corrected chi connectivity index (χ4v) is 5.60. The molecule has 36 heavy (non-hydrogen) atoms. The monoisotopic (exact) mass is 564 g/mol. The lowest BCUT2D eigenvalue weighted by Gasteiger charge is -2.38. The molecule has 1 aromatic rings. The molecule has 3 rings (SSSR count). The van der Waals surface area contributed by atoms with Gasteiger partial charge in [-0.05, 0) is 13.8 Å². The zero-order valence-corrected chi connectivity index (χ0v) is 20.4. The summed E-state index contributed by atoms with van der Waals surface area (Å²) in [5.41, 5.74) is -1.59. The van der Waals surface area contributed by atoms with Crippen LogP contribution in [0.3, 0.4) is 0 Å². The summed E-state index contributed by atoms with van der Waals surface area (Å²) in [5.74, 6) is 0. The highest BCUT2D eigenvalue weighted by molar-refractivity contribution is 7.61. The summed E-state index contributed by atoms with van der Waals surface area (Å²) in [6.07, 6.45) is -14.2. The summed E-state index contributed by atoms with van der Waals surface area (Å²) in [6, 6.07) is 0. The van der Waals surface area contributed by atoms with Crippen LogP contribution in [0.5, 0.6) is 0 Å². The van der Waals surface area contributed by atoms with E-state index in [1.165, 1.54) is 13.8 Å². The molecule has 0 radical (unpaired) electrons. The molecular weight excluding hydrogens is 538 g/mol. The maximum Gasteiger partial charge on any atom is 0.483 e. The van der Waals surface area contributed by atoms with E-state index in [4.69, 9.17) is 9.47 Å². The molecule has 2 saturated heterocycles. The SMILES string of the molecule is Cc1cn([C@@H]2O[C@H](COP(=O)(O)OP(=O)(O)O[C@H]3O[C@@H](C)[C@H](O)[C@@H](O)[C@H]3O)[C@@H](O)[C@H]2O)c(=O)[nH]c1=O. The predicted molar refractivity (Wildman–Crippen MR) is 112 cm³/mol. The number of hydrogen-bond acceptors (Lipinski definition) is 14. The fraction of sp³-hybridized carbons (Fsp3) is 0.750. The maximum absolute atomic E-state index is 12.2. The van der Waals surface area contributed by atoms with Crippen LogP contribution in [0, 0.1) is 6.92 Å². The first-order valence-electron chi connectivity index (χ1n) is 10.3. The molecule has 0 amide bonds. The van der Waals surface area contributed by atoms with Gasteiger partial charge in [0.2, 0.25) is 0 Å². The third-order valence-corrected chi connectivity index (χ3v) is 8.01. The lowest BCUT2D eigenvalue weighted by Crippen LogP contribution is -2.57. The van der Waals surface area contributed by atoms with Gasteiger partial charge in [-0.15, -0.1) is 0 Å². The summed E-state index contributed by atoms with van der Waals surface area (Å²) in [4.78, 5) is 45.1. The Hall–Kier alpha value is -1.34. The number of rotatable bonds is 8. The molecule has 2 aliphatic heterocycles. The van der Waals surface area contributed by atoms with Crippen LogP contribution < -0.4 is 11.2 Å². The van der Waals surface area contributed by atoms with Gasteiger partial charge in [0.15, 0.2) is 12.5 Å². The van der Waals surface area contributed by atoms with Crippen LogP contribution in [0.1, 0.15) is 18.7 Å². The van der Waals surface area contributed by atoms with Crippen molar-refractivity contribution in [1.82, 2.24) is 9.55 Å². The molecule has 3 heterocycles. The van der Waals surface area contributed by atoms with Gasteiger partial charge in [-0.2, -0.15) is 4.31 Å². The van der Waals surface area contributed by atoms with E-state index < -0.39 is 88.7 Å². The Bertz CT molecular complexity index is 1160. The second-order valence-electron chi connectivity index (χ2n) is 8.13. The molecule has 18 nitrogen and oxygen atoms in total. The maximum atomic E-state index is 12.2. The van der Waals surface area contributed by atoms with Crippen molar-refractivity contribution in [2.45, 2.75) is 69.1 Å². The Balaban J connectivity index is 1.63. The van der Waals surface area contributed by atoms with E-state index in [1.54, 1.807) is 0 Å². The summed E-state index contributed by atoms with van der Waals surface area (Å²) in [5, 5.41) is 49.6. The van der Waals surface area contributed by atoms with Gasteiger partial charge in [-0.3, -0.25) is 23.4 Å². The van der Waals surface area contributed by atoms with Crippen LogP contribution in [0.15, 0.2) is 15.8 Å². The average molecular weight is 564 g/mol. The Morgan fingerprint density at radius 3 is 2.25 bits per heavy atom. The van der Waals surface area contributed by atoms with Crippen LogP contribution in [0.2, 0.25) is 0 Å². The van der Waals surface area contributed by atoms with Crippen molar-refractivity contribution < 1.29 is 67.3 Å². The number of aromatic amines is 1. The first kappa shape index (κ1) is 29.2. The van der Waals surface area contributed by atoms with Gasteiger partial charge in [-0.1, -0.05) is 0 Å². The highest BCUT2D eigenvalue weighted by Crippen LogP contribution is 2.61. The summed E-state index contributed by atoms with van der Waals surface area (Å²) < 4.78 is 48.5. The summed E-state index contributed by atoms with van der Waals surface area (Å²) in [6.45, 7) is 1.61. The van der Waals surface area contributed by atoms with E-state index in [2.05, 4.69) is 13.4 Å². The van der Waals surface area contributed by atoms with Gasteiger partial charge >= 0.3 is 21.3 Å². The number of nitrogens with one attached hydrogen (secondary N) is 1. The minimum absolute atomic E-state index is 0.0787. The van der Waals surface area contributed by atoms with Gasteiger partial charge in [0, 0.05) is 11.8 Å². The van der Waals surface area contributed by atoms with Gasteiger partial charge < -0.3 is 44.8 Å². The van der Waals surface area contributed by atoms with Crippen molar-refractivity contribution >= 4 is 15.6 Å². The van der Waals surface area contributed by atoms with Crippen molar-refractivity contribution in [3.63, 3.8) is 0 Å². The number of aromatic nitrogens is 2. The number of H-pyrrole nitrogens is 1. The van der Waals surface area contributed by atoms with Gasteiger partial charge in [0.05, 0.1) is 12.7 Å². The van der Waals surface area contributed by atoms with Crippen LogP contribution in [-0.4, -0.2) is 100 Å². The van der Waals surface area contributed by atoms with Crippen molar-refractivity contribution in [3.8, 4) is 0 Å². The number of hydrogen-bond donors (Lipinski definition) is 8. The second kappa shape index (κ2) is 10.8. The zero-order valence-electron chi connectivity index (χ0n) is 18.6. The minimum Gasteiger partial charge on any atom is -0.388 e. The van der Waals surface area contributed by atoms with Gasteiger partial charge in [0.25, 0.3) is 5.56 Å². The Morgan fingerprint density at radius 1 is 0.972 bits per heavy atom. The third-order valence-electron chi connectivity index (χ3n) is 5.41. The van der Waals surface area contributed by atoms with E-state index in [0.29, 0.717) is 0 Å². The topological polar surface area (TPSA) is 277 Å². The standard InChI is InChI=1S/C16H26N2O16P2/c1-5-3-18(16(25)17-13(5)24)14-11(22)9(20)7(32-14)4-30-35(26,27)34-36(28,29)33-15-12(23)10(21)8(19)6(2)31-15/h3,6-12,14-15,19-23H,4H2,1-2H3,(H,26,27)(H,28,29)(H,17,24,25)/t6-,7+,8-,9+,10+,11+,12+,14+,15+/m0/s1. The molecule has 1 aromatic heterocycles. The first-order chi connectivity index (χ1) is 16.5. The molecule has 20 heteroatoms. The number of phosphoric ester groups is 2. The highest BCUT2D eigenvalue weighted by atomic mass is 31.3.